The predicted octanol–water partition coefficient (Wildman–Crippen LogP) is 6.28. The topological polar surface area (TPSA) is 77.8 Å². The minimum absolute atomic E-state index is 0.00942. The van der Waals surface area contributed by atoms with Gasteiger partial charge in [-0.3, -0.25) is 14.5 Å². The number of halogens is 1. The number of benzene rings is 3. The molecule has 2 N–H and O–H groups in total. The molecule has 1 amide bonds. The van der Waals surface area contributed by atoms with Crippen LogP contribution < -0.4 is 4.90 Å². The number of aliphatic hydroxyl groups is 1. The van der Waals surface area contributed by atoms with Gasteiger partial charge in [-0.2, -0.15) is 0 Å². The molecule has 1 aliphatic rings. The number of aliphatic hydroxyl groups excluding tert-OH is 1. The van der Waals surface area contributed by atoms with Gasteiger partial charge in [-0.15, -0.1) is 0 Å². The minimum Gasteiger partial charge on any atom is -0.508 e. The number of ketones is 1. The van der Waals surface area contributed by atoms with Crippen LogP contribution in [0, 0.1) is 6.92 Å². The van der Waals surface area contributed by atoms with E-state index in [4.69, 9.17) is 11.6 Å². The maximum Gasteiger partial charge on any atom is 0.300 e. The average molecular weight is 476 g/mol. The summed E-state index contributed by atoms with van der Waals surface area (Å²) in [7, 11) is 0. The summed E-state index contributed by atoms with van der Waals surface area (Å²) in [4.78, 5) is 27.9. The molecule has 1 saturated heterocycles. The SMILES string of the molecule is Cc1ccc(C(C)(C)C)cc1/C(O)=C1\C(=O)C(=O)N(c2cccc(Cl)c2)C1c1ccc(O)cc1. The second-order valence-electron chi connectivity index (χ2n) is 9.52. The van der Waals surface area contributed by atoms with Gasteiger partial charge in [0.25, 0.3) is 11.7 Å². The number of rotatable bonds is 3. The largest absolute Gasteiger partial charge is 0.508 e. The lowest BCUT2D eigenvalue weighted by Gasteiger charge is -2.26. The monoisotopic (exact) mass is 475 g/mol. The third-order valence-corrected chi connectivity index (χ3v) is 6.33. The van der Waals surface area contributed by atoms with E-state index in [1.54, 1.807) is 36.4 Å². The Bertz CT molecular complexity index is 1320. The Kier molecular flexibility index (Phi) is 6.00. The molecular weight excluding hydrogens is 450 g/mol. The molecule has 1 aliphatic heterocycles. The van der Waals surface area contributed by atoms with Gasteiger partial charge in [-0.05, 0) is 65.4 Å². The zero-order valence-electron chi connectivity index (χ0n) is 19.5. The summed E-state index contributed by atoms with van der Waals surface area (Å²) < 4.78 is 0. The Morgan fingerprint density at radius 3 is 2.26 bits per heavy atom. The van der Waals surface area contributed by atoms with Crippen molar-refractivity contribution in [3.63, 3.8) is 0 Å². The van der Waals surface area contributed by atoms with Crippen LogP contribution >= 0.6 is 11.6 Å². The summed E-state index contributed by atoms with van der Waals surface area (Å²) in [5.41, 5.74) is 3.10. The number of nitrogens with zero attached hydrogens (tertiary/aromatic N) is 1. The number of aryl methyl sites for hydroxylation is 1. The Morgan fingerprint density at radius 2 is 1.65 bits per heavy atom. The van der Waals surface area contributed by atoms with E-state index in [-0.39, 0.29) is 22.5 Å². The smallest absolute Gasteiger partial charge is 0.300 e. The van der Waals surface area contributed by atoms with E-state index in [9.17, 15) is 19.8 Å². The van der Waals surface area contributed by atoms with E-state index < -0.39 is 17.7 Å². The van der Waals surface area contributed by atoms with Crippen molar-refractivity contribution >= 4 is 34.7 Å². The first-order valence-corrected chi connectivity index (χ1v) is 11.3. The summed E-state index contributed by atoms with van der Waals surface area (Å²) in [5, 5.41) is 21.7. The molecule has 0 spiro atoms. The summed E-state index contributed by atoms with van der Waals surface area (Å²) in [6.45, 7) is 8.05. The number of hydrogen-bond acceptors (Lipinski definition) is 4. The Labute approximate surface area is 203 Å². The van der Waals surface area contributed by atoms with E-state index in [1.807, 2.05) is 25.1 Å². The molecule has 0 bridgehead atoms. The highest BCUT2D eigenvalue weighted by Crippen LogP contribution is 2.43. The predicted molar refractivity (Wildman–Crippen MR) is 134 cm³/mol. The van der Waals surface area contributed by atoms with Gasteiger partial charge in [-0.1, -0.05) is 62.7 Å². The number of phenolic OH excluding ortho intramolecular Hbond substituents is 1. The minimum atomic E-state index is -0.892. The molecule has 1 unspecified atom stereocenters. The normalized spacial score (nSPS) is 17.9. The molecule has 0 radical (unpaired) electrons. The number of hydrogen-bond donors (Lipinski definition) is 2. The number of aromatic hydroxyl groups is 1. The fourth-order valence-corrected chi connectivity index (χ4v) is 4.37. The van der Waals surface area contributed by atoms with Crippen LogP contribution in [0.3, 0.4) is 0 Å². The summed E-state index contributed by atoms with van der Waals surface area (Å²) in [6, 6.07) is 17.8. The molecule has 1 fully saturated rings. The summed E-state index contributed by atoms with van der Waals surface area (Å²) in [5.74, 6) is -1.72. The van der Waals surface area contributed by atoms with Crippen LogP contribution in [0.4, 0.5) is 5.69 Å². The molecule has 34 heavy (non-hydrogen) atoms. The van der Waals surface area contributed by atoms with Crippen molar-refractivity contribution in [1.82, 2.24) is 0 Å². The van der Waals surface area contributed by atoms with Gasteiger partial charge >= 0.3 is 0 Å². The number of carbonyl (C=O) groups excluding carboxylic acids is 2. The highest BCUT2D eigenvalue weighted by Gasteiger charge is 2.47. The molecule has 174 valence electrons. The van der Waals surface area contributed by atoms with Crippen molar-refractivity contribution in [3.8, 4) is 5.75 Å². The zero-order chi connectivity index (χ0) is 24.8. The van der Waals surface area contributed by atoms with Crippen molar-refractivity contribution in [2.24, 2.45) is 0 Å². The number of anilines is 1. The molecule has 6 heteroatoms. The van der Waals surface area contributed by atoms with Crippen molar-refractivity contribution in [2.75, 3.05) is 4.90 Å². The Morgan fingerprint density at radius 1 is 0.971 bits per heavy atom. The zero-order valence-corrected chi connectivity index (χ0v) is 20.2. The Balaban J connectivity index is 1.98. The molecule has 4 rings (SSSR count). The summed E-state index contributed by atoms with van der Waals surface area (Å²) >= 11 is 6.18. The maximum absolute atomic E-state index is 13.3. The lowest BCUT2D eigenvalue weighted by Crippen LogP contribution is -2.29. The van der Waals surface area contributed by atoms with Crippen LogP contribution in [-0.2, 0) is 15.0 Å². The molecule has 1 heterocycles. The number of carbonyl (C=O) groups is 2. The van der Waals surface area contributed by atoms with Gasteiger partial charge < -0.3 is 10.2 Å². The molecule has 0 aliphatic carbocycles. The number of amides is 1. The van der Waals surface area contributed by atoms with Gasteiger partial charge in [-0.25, -0.2) is 0 Å². The van der Waals surface area contributed by atoms with Gasteiger partial charge in [0.15, 0.2) is 0 Å². The van der Waals surface area contributed by atoms with Crippen molar-refractivity contribution in [1.29, 1.82) is 0 Å². The number of phenols is 1. The first-order chi connectivity index (χ1) is 16.0. The van der Waals surface area contributed by atoms with E-state index >= 15 is 0 Å². The molecule has 5 nitrogen and oxygen atoms in total. The molecule has 3 aromatic carbocycles. The third kappa shape index (κ3) is 4.19. The van der Waals surface area contributed by atoms with E-state index in [0.717, 1.165) is 11.1 Å². The van der Waals surface area contributed by atoms with Crippen molar-refractivity contribution in [3.05, 3.63) is 99.6 Å². The van der Waals surface area contributed by atoms with E-state index in [2.05, 4.69) is 20.8 Å². The molecule has 0 aromatic heterocycles. The second kappa shape index (κ2) is 8.65. The van der Waals surface area contributed by atoms with Gasteiger partial charge in [0.2, 0.25) is 0 Å². The van der Waals surface area contributed by atoms with E-state index in [0.29, 0.717) is 21.8 Å². The van der Waals surface area contributed by atoms with Gasteiger partial charge in [0.05, 0.1) is 11.6 Å². The van der Waals surface area contributed by atoms with Crippen LogP contribution in [0.25, 0.3) is 5.76 Å². The first-order valence-electron chi connectivity index (χ1n) is 11.0. The summed E-state index contributed by atoms with van der Waals surface area (Å²) in [6.07, 6.45) is 0. The fraction of sp³-hybridized carbons (Fsp3) is 0.214. The second-order valence-corrected chi connectivity index (χ2v) is 9.96. The Hall–Kier alpha value is -3.57. The first kappa shape index (κ1) is 23.6. The molecule has 1 atom stereocenters. The van der Waals surface area contributed by atoms with E-state index in [1.165, 1.54) is 17.0 Å². The highest BCUT2D eigenvalue weighted by atomic mass is 35.5. The van der Waals surface area contributed by atoms with Crippen LogP contribution in [0.1, 0.15) is 49.1 Å². The average Bonchev–Trinajstić information content (AvgIpc) is 3.04. The van der Waals surface area contributed by atoms with Crippen LogP contribution in [0.5, 0.6) is 5.75 Å². The standard InChI is InChI=1S/C28H26ClNO4/c1-16-8-11-18(28(2,3)4)14-22(16)25(32)23-24(17-9-12-21(31)13-10-17)30(27(34)26(23)33)20-7-5-6-19(29)15-20/h5-15,24,31-32H,1-4H3/b25-23+. The van der Waals surface area contributed by atoms with Crippen LogP contribution in [0.15, 0.2) is 72.3 Å². The van der Waals surface area contributed by atoms with Crippen LogP contribution in [-0.4, -0.2) is 21.9 Å². The molecule has 3 aromatic rings. The van der Waals surface area contributed by atoms with Gasteiger partial charge in [0.1, 0.15) is 11.5 Å². The molecular formula is C28H26ClNO4. The van der Waals surface area contributed by atoms with Gasteiger partial charge in [0, 0.05) is 16.3 Å². The lowest BCUT2D eigenvalue weighted by molar-refractivity contribution is -0.132. The van der Waals surface area contributed by atoms with Crippen molar-refractivity contribution < 1.29 is 19.8 Å². The van der Waals surface area contributed by atoms with Crippen LogP contribution in [0.2, 0.25) is 5.02 Å². The third-order valence-electron chi connectivity index (χ3n) is 6.10. The lowest BCUT2D eigenvalue weighted by atomic mass is 9.84. The quantitative estimate of drug-likeness (QED) is 0.265. The highest BCUT2D eigenvalue weighted by molar-refractivity contribution is 6.51. The van der Waals surface area contributed by atoms with Crippen molar-refractivity contribution in [2.45, 2.75) is 39.2 Å². The number of Topliss-reactive ketones (excluding diaryl/α,β-unsaturated/α-hetero) is 1. The maximum atomic E-state index is 13.3. The fourth-order valence-electron chi connectivity index (χ4n) is 4.19. The molecule has 0 saturated carbocycles.